The third-order valence-corrected chi connectivity index (χ3v) is 4.42. The third-order valence-electron chi connectivity index (χ3n) is 3.55. The van der Waals surface area contributed by atoms with E-state index in [0.717, 1.165) is 5.56 Å². The third kappa shape index (κ3) is 6.39. The first-order valence-electron chi connectivity index (χ1n) is 7.97. The van der Waals surface area contributed by atoms with Gasteiger partial charge in [-0.2, -0.15) is 0 Å². The van der Waals surface area contributed by atoms with Crippen LogP contribution in [0.3, 0.4) is 0 Å². The van der Waals surface area contributed by atoms with Crippen molar-refractivity contribution in [2.45, 2.75) is 19.3 Å². The van der Waals surface area contributed by atoms with Crippen LogP contribution in [0.15, 0.2) is 41.8 Å². The summed E-state index contributed by atoms with van der Waals surface area (Å²) in [4.78, 5) is 34.9. The second-order valence-electron chi connectivity index (χ2n) is 5.44. The Kier molecular flexibility index (Phi) is 7.16. The Balaban J connectivity index is 1.58. The maximum Gasteiger partial charge on any atom is 0.335 e. The lowest BCUT2D eigenvalue weighted by Gasteiger charge is -2.06. The van der Waals surface area contributed by atoms with Crippen LogP contribution >= 0.6 is 11.3 Å². The molecule has 0 aliphatic rings. The summed E-state index contributed by atoms with van der Waals surface area (Å²) in [5, 5.41) is 16.3. The molecule has 0 bridgehead atoms. The molecule has 2 rings (SSSR count). The standard InChI is InChI=1S/C18H20N2O4S/c21-16(9-6-13-4-7-14(8-5-13)18(23)24)19-10-2-11-20-17(22)15-3-1-12-25-15/h1,3-5,7-8,12H,2,6,9-11H2,(H,19,21)(H,20,22)(H,23,24). The van der Waals surface area contributed by atoms with E-state index in [4.69, 9.17) is 5.11 Å². The number of hydrogen-bond acceptors (Lipinski definition) is 4. The zero-order chi connectivity index (χ0) is 18.1. The zero-order valence-corrected chi connectivity index (χ0v) is 14.5. The minimum atomic E-state index is -0.963. The number of thiophene rings is 1. The van der Waals surface area contributed by atoms with E-state index in [9.17, 15) is 14.4 Å². The minimum Gasteiger partial charge on any atom is -0.478 e. The van der Waals surface area contributed by atoms with Gasteiger partial charge in [-0.25, -0.2) is 4.79 Å². The molecular formula is C18H20N2O4S. The molecule has 3 N–H and O–H groups in total. The van der Waals surface area contributed by atoms with Crippen LogP contribution in [-0.2, 0) is 11.2 Å². The fourth-order valence-corrected chi connectivity index (χ4v) is 2.81. The number of amides is 2. The van der Waals surface area contributed by atoms with Gasteiger partial charge in [0.15, 0.2) is 0 Å². The minimum absolute atomic E-state index is 0.0631. The Hall–Kier alpha value is -2.67. The number of hydrogen-bond donors (Lipinski definition) is 3. The molecule has 6 nitrogen and oxygen atoms in total. The van der Waals surface area contributed by atoms with Gasteiger partial charge in [-0.3, -0.25) is 9.59 Å². The molecule has 7 heteroatoms. The van der Waals surface area contributed by atoms with E-state index in [2.05, 4.69) is 10.6 Å². The van der Waals surface area contributed by atoms with Crippen LogP contribution in [0, 0.1) is 0 Å². The lowest BCUT2D eigenvalue weighted by atomic mass is 10.1. The summed E-state index contributed by atoms with van der Waals surface area (Å²) in [6.07, 6.45) is 1.56. The van der Waals surface area contributed by atoms with Crippen molar-refractivity contribution < 1.29 is 19.5 Å². The number of benzene rings is 1. The molecule has 2 amide bonds. The summed E-state index contributed by atoms with van der Waals surface area (Å²) < 4.78 is 0. The van der Waals surface area contributed by atoms with Crippen LogP contribution in [0.1, 0.15) is 38.4 Å². The van der Waals surface area contributed by atoms with E-state index in [0.29, 0.717) is 37.2 Å². The van der Waals surface area contributed by atoms with Gasteiger partial charge in [0.2, 0.25) is 5.91 Å². The Morgan fingerprint density at radius 3 is 2.36 bits per heavy atom. The van der Waals surface area contributed by atoms with Crippen molar-refractivity contribution >= 4 is 29.1 Å². The smallest absolute Gasteiger partial charge is 0.335 e. The molecule has 0 fully saturated rings. The van der Waals surface area contributed by atoms with Crippen molar-refractivity contribution in [1.82, 2.24) is 10.6 Å². The number of rotatable bonds is 9. The number of carboxylic acids is 1. The average Bonchev–Trinajstić information content (AvgIpc) is 3.14. The van der Waals surface area contributed by atoms with Crippen LogP contribution in [0.4, 0.5) is 0 Å². The lowest BCUT2D eigenvalue weighted by molar-refractivity contribution is -0.121. The average molecular weight is 360 g/mol. The molecule has 0 aliphatic heterocycles. The molecule has 0 atom stereocenters. The van der Waals surface area contributed by atoms with Crippen molar-refractivity contribution in [3.63, 3.8) is 0 Å². The van der Waals surface area contributed by atoms with Gasteiger partial charge < -0.3 is 15.7 Å². The van der Waals surface area contributed by atoms with Crippen molar-refractivity contribution in [2.75, 3.05) is 13.1 Å². The first kappa shape index (κ1) is 18.7. The van der Waals surface area contributed by atoms with E-state index in [1.165, 1.54) is 23.5 Å². The van der Waals surface area contributed by atoms with Gasteiger partial charge in [0.25, 0.3) is 5.91 Å². The summed E-state index contributed by atoms with van der Waals surface area (Å²) in [7, 11) is 0. The second-order valence-corrected chi connectivity index (χ2v) is 6.39. The van der Waals surface area contributed by atoms with Crippen molar-refractivity contribution in [2.24, 2.45) is 0 Å². The van der Waals surface area contributed by atoms with Crippen LogP contribution in [-0.4, -0.2) is 36.0 Å². The molecule has 2 aromatic rings. The Morgan fingerprint density at radius 1 is 1.00 bits per heavy atom. The van der Waals surface area contributed by atoms with Gasteiger partial charge in [-0.05, 0) is 42.0 Å². The Bertz CT molecular complexity index is 711. The Morgan fingerprint density at radius 2 is 1.72 bits per heavy atom. The van der Waals surface area contributed by atoms with E-state index in [1.54, 1.807) is 18.2 Å². The number of aryl methyl sites for hydroxylation is 1. The highest BCUT2D eigenvalue weighted by Crippen LogP contribution is 2.08. The predicted molar refractivity (Wildman–Crippen MR) is 96.0 cm³/mol. The van der Waals surface area contributed by atoms with Gasteiger partial charge in [-0.1, -0.05) is 18.2 Å². The first-order chi connectivity index (χ1) is 12.1. The molecule has 25 heavy (non-hydrogen) atoms. The fraction of sp³-hybridized carbons (Fsp3) is 0.278. The monoisotopic (exact) mass is 360 g/mol. The lowest BCUT2D eigenvalue weighted by Crippen LogP contribution is -2.29. The first-order valence-corrected chi connectivity index (χ1v) is 8.85. The van der Waals surface area contributed by atoms with Crippen molar-refractivity contribution in [3.8, 4) is 0 Å². The molecule has 0 aliphatic carbocycles. The van der Waals surface area contributed by atoms with Crippen LogP contribution in [0.5, 0.6) is 0 Å². The Labute approximate surface area is 149 Å². The highest BCUT2D eigenvalue weighted by atomic mass is 32.1. The molecule has 132 valence electrons. The molecule has 1 heterocycles. The van der Waals surface area contributed by atoms with Gasteiger partial charge in [0.1, 0.15) is 0 Å². The van der Waals surface area contributed by atoms with Crippen LogP contribution < -0.4 is 10.6 Å². The molecule has 0 radical (unpaired) electrons. The summed E-state index contributed by atoms with van der Waals surface area (Å²) in [6.45, 7) is 1.01. The van der Waals surface area contributed by atoms with Crippen molar-refractivity contribution in [3.05, 3.63) is 57.8 Å². The summed E-state index contributed by atoms with van der Waals surface area (Å²) >= 11 is 1.39. The van der Waals surface area contributed by atoms with Crippen LogP contribution in [0.25, 0.3) is 0 Å². The van der Waals surface area contributed by atoms with Crippen LogP contribution in [0.2, 0.25) is 0 Å². The molecular weight excluding hydrogens is 340 g/mol. The molecule has 1 aromatic heterocycles. The van der Waals surface area contributed by atoms with Gasteiger partial charge in [-0.15, -0.1) is 11.3 Å². The van der Waals surface area contributed by atoms with E-state index in [-0.39, 0.29) is 17.4 Å². The van der Waals surface area contributed by atoms with E-state index in [1.807, 2.05) is 11.4 Å². The quantitative estimate of drug-likeness (QED) is 0.598. The zero-order valence-electron chi connectivity index (χ0n) is 13.7. The maximum atomic E-state index is 11.8. The number of nitrogens with one attached hydrogen (secondary N) is 2. The molecule has 1 aromatic carbocycles. The number of carbonyl (C=O) groups is 3. The summed E-state index contributed by atoms with van der Waals surface area (Å²) in [5.74, 6) is -1.12. The molecule has 0 saturated heterocycles. The normalized spacial score (nSPS) is 10.2. The summed E-state index contributed by atoms with van der Waals surface area (Å²) in [6, 6.07) is 10.1. The predicted octanol–water partition coefficient (Wildman–Crippen LogP) is 2.32. The molecule has 0 spiro atoms. The van der Waals surface area contributed by atoms with Gasteiger partial charge in [0, 0.05) is 19.5 Å². The largest absolute Gasteiger partial charge is 0.478 e. The van der Waals surface area contributed by atoms with Crippen molar-refractivity contribution in [1.29, 1.82) is 0 Å². The highest BCUT2D eigenvalue weighted by Gasteiger charge is 2.06. The van der Waals surface area contributed by atoms with E-state index >= 15 is 0 Å². The number of carbonyl (C=O) groups excluding carboxylic acids is 2. The highest BCUT2D eigenvalue weighted by molar-refractivity contribution is 7.12. The maximum absolute atomic E-state index is 11.8. The topological polar surface area (TPSA) is 95.5 Å². The van der Waals surface area contributed by atoms with Gasteiger partial charge in [0.05, 0.1) is 10.4 Å². The fourth-order valence-electron chi connectivity index (χ4n) is 2.17. The SMILES string of the molecule is O=C(CCc1ccc(C(=O)O)cc1)NCCCNC(=O)c1cccs1. The molecule has 0 saturated carbocycles. The number of carboxylic acid groups (broad SMARTS) is 1. The van der Waals surface area contributed by atoms with E-state index < -0.39 is 5.97 Å². The molecule has 0 unspecified atom stereocenters. The summed E-state index contributed by atoms with van der Waals surface area (Å²) in [5.41, 5.74) is 1.15. The number of aromatic carboxylic acids is 1. The van der Waals surface area contributed by atoms with Gasteiger partial charge >= 0.3 is 5.97 Å². The second kappa shape index (κ2) is 9.58.